The summed E-state index contributed by atoms with van der Waals surface area (Å²) in [7, 11) is -0.696. The molecule has 1 heterocycles. The van der Waals surface area contributed by atoms with Crippen LogP contribution < -0.4 is 5.73 Å². The van der Waals surface area contributed by atoms with E-state index in [4.69, 9.17) is 26.6 Å². The number of hydrogen-bond donors (Lipinski definition) is 1. The van der Waals surface area contributed by atoms with E-state index < -0.39 is 30.1 Å². The van der Waals surface area contributed by atoms with Crippen LogP contribution >= 0.6 is 11.6 Å². The number of nitrogens with two attached hydrogens (primary N) is 1. The summed E-state index contributed by atoms with van der Waals surface area (Å²) >= 11 is 5.88. The second kappa shape index (κ2) is 4.74. The first-order chi connectivity index (χ1) is 8.64. The summed E-state index contributed by atoms with van der Waals surface area (Å²) < 4.78 is 25.4. The third-order valence-electron chi connectivity index (χ3n) is 3.88. The van der Waals surface area contributed by atoms with Crippen molar-refractivity contribution in [1.29, 1.82) is 0 Å². The van der Waals surface area contributed by atoms with Crippen LogP contribution in [0, 0.1) is 5.82 Å². The summed E-state index contributed by atoms with van der Waals surface area (Å²) in [5.74, 6) is -1.13. The highest BCUT2D eigenvalue weighted by atomic mass is 35.5. The fraction of sp³-hybridized carbons (Fsp3) is 0.538. The minimum atomic E-state index is -0.722. The zero-order chi connectivity index (χ0) is 14.4. The number of benzene rings is 1. The first-order valence-electron chi connectivity index (χ1n) is 6.20. The summed E-state index contributed by atoms with van der Waals surface area (Å²) in [6.07, 6.45) is 0. The van der Waals surface area contributed by atoms with Crippen molar-refractivity contribution >= 4 is 18.7 Å². The Morgan fingerprint density at radius 1 is 1.21 bits per heavy atom. The monoisotopic (exact) mass is 285 g/mol. The average molecular weight is 286 g/mol. The zero-order valence-corrected chi connectivity index (χ0v) is 12.3. The van der Waals surface area contributed by atoms with Crippen molar-refractivity contribution in [1.82, 2.24) is 0 Å². The fourth-order valence-corrected chi connectivity index (χ4v) is 2.13. The number of halogens is 2. The second-order valence-electron chi connectivity index (χ2n) is 5.82. The lowest BCUT2D eigenvalue weighted by molar-refractivity contribution is 0.00578. The first-order valence-corrected chi connectivity index (χ1v) is 6.58. The standard InChI is InChI=1S/C13H18BClFNO2/c1-12(2)13(3,4)19-14(18-12)11(17)9-7-8(15)5-6-10(9)16/h5-7,11H,17H2,1-4H3. The molecule has 1 aromatic carbocycles. The summed E-state index contributed by atoms with van der Waals surface area (Å²) in [6.45, 7) is 7.70. The Labute approximate surface area is 118 Å². The van der Waals surface area contributed by atoms with E-state index in [1.54, 1.807) is 0 Å². The Balaban J connectivity index is 2.27. The van der Waals surface area contributed by atoms with Crippen LogP contribution in [0.25, 0.3) is 0 Å². The van der Waals surface area contributed by atoms with Gasteiger partial charge in [-0.3, -0.25) is 0 Å². The summed E-state index contributed by atoms with van der Waals surface area (Å²) in [6, 6.07) is 4.28. The molecule has 0 aliphatic carbocycles. The van der Waals surface area contributed by atoms with Crippen molar-refractivity contribution in [2.24, 2.45) is 5.73 Å². The molecule has 104 valence electrons. The lowest BCUT2D eigenvalue weighted by Crippen LogP contribution is -2.41. The Morgan fingerprint density at radius 3 is 2.26 bits per heavy atom. The average Bonchev–Trinajstić information content (AvgIpc) is 2.51. The minimum Gasteiger partial charge on any atom is -0.402 e. The molecule has 1 aromatic rings. The topological polar surface area (TPSA) is 44.5 Å². The molecule has 2 N–H and O–H groups in total. The minimum absolute atomic E-state index is 0.297. The van der Waals surface area contributed by atoms with Crippen LogP contribution in [0.15, 0.2) is 18.2 Å². The molecular formula is C13H18BClFNO2. The van der Waals surface area contributed by atoms with Gasteiger partial charge < -0.3 is 15.0 Å². The fourth-order valence-electron chi connectivity index (χ4n) is 1.95. The Kier molecular flexibility index (Phi) is 3.69. The SMILES string of the molecule is CC1(C)OB(C(N)c2cc(Cl)ccc2F)OC1(C)C. The summed E-state index contributed by atoms with van der Waals surface area (Å²) in [5, 5.41) is 0.434. The third kappa shape index (κ3) is 2.65. The molecule has 1 aliphatic rings. The molecule has 1 saturated heterocycles. The predicted molar refractivity (Wildman–Crippen MR) is 74.4 cm³/mol. The van der Waals surface area contributed by atoms with Crippen LogP contribution in [0.5, 0.6) is 0 Å². The van der Waals surface area contributed by atoms with Gasteiger partial charge in [-0.25, -0.2) is 4.39 Å². The second-order valence-corrected chi connectivity index (χ2v) is 6.25. The first kappa shape index (κ1) is 14.8. The van der Waals surface area contributed by atoms with Gasteiger partial charge in [-0.1, -0.05) is 11.6 Å². The van der Waals surface area contributed by atoms with Crippen molar-refractivity contribution in [3.05, 3.63) is 34.6 Å². The van der Waals surface area contributed by atoms with Gasteiger partial charge in [-0.15, -0.1) is 0 Å². The van der Waals surface area contributed by atoms with E-state index in [-0.39, 0.29) is 0 Å². The van der Waals surface area contributed by atoms with E-state index in [1.807, 2.05) is 27.7 Å². The molecule has 2 rings (SSSR count). The van der Waals surface area contributed by atoms with E-state index in [2.05, 4.69) is 0 Å². The number of rotatable bonds is 2. The Hall–Kier alpha value is -0.615. The van der Waals surface area contributed by atoms with Crippen LogP contribution in [0.4, 0.5) is 4.39 Å². The van der Waals surface area contributed by atoms with Crippen LogP contribution in [0.2, 0.25) is 5.02 Å². The molecule has 1 atom stereocenters. The van der Waals surface area contributed by atoms with Crippen LogP contribution in [0.1, 0.15) is 39.2 Å². The van der Waals surface area contributed by atoms with Crippen LogP contribution in [0.3, 0.4) is 0 Å². The summed E-state index contributed by atoms with van der Waals surface area (Å²) in [4.78, 5) is 0. The molecule has 3 nitrogen and oxygen atoms in total. The van der Waals surface area contributed by atoms with Gasteiger partial charge in [0.15, 0.2) is 0 Å². The van der Waals surface area contributed by atoms with E-state index in [0.717, 1.165) is 0 Å². The van der Waals surface area contributed by atoms with Gasteiger partial charge in [-0.2, -0.15) is 0 Å². The molecule has 0 radical (unpaired) electrons. The maximum atomic E-state index is 13.8. The van der Waals surface area contributed by atoms with E-state index in [1.165, 1.54) is 18.2 Å². The molecule has 6 heteroatoms. The molecule has 1 aliphatic heterocycles. The van der Waals surface area contributed by atoms with Gasteiger partial charge in [-0.05, 0) is 45.9 Å². The third-order valence-corrected chi connectivity index (χ3v) is 4.12. The Morgan fingerprint density at radius 2 is 1.74 bits per heavy atom. The predicted octanol–water partition coefficient (Wildman–Crippen LogP) is 3.11. The Bertz CT molecular complexity index is 480. The number of hydrogen-bond acceptors (Lipinski definition) is 3. The largest absolute Gasteiger partial charge is 0.480 e. The van der Waals surface area contributed by atoms with Gasteiger partial charge in [0, 0.05) is 10.6 Å². The van der Waals surface area contributed by atoms with Gasteiger partial charge in [0.1, 0.15) is 5.82 Å². The van der Waals surface area contributed by atoms with Crippen molar-refractivity contribution < 1.29 is 13.7 Å². The normalized spacial score (nSPS) is 22.6. The molecular weight excluding hydrogens is 267 g/mol. The van der Waals surface area contributed by atoms with Crippen LogP contribution in [-0.4, -0.2) is 18.3 Å². The molecule has 0 aromatic heterocycles. The quantitative estimate of drug-likeness (QED) is 0.849. The van der Waals surface area contributed by atoms with E-state index in [0.29, 0.717) is 10.6 Å². The van der Waals surface area contributed by atoms with Gasteiger partial charge in [0.05, 0.1) is 17.1 Å². The van der Waals surface area contributed by atoms with Crippen molar-refractivity contribution in [3.63, 3.8) is 0 Å². The van der Waals surface area contributed by atoms with Crippen molar-refractivity contribution in [2.75, 3.05) is 0 Å². The van der Waals surface area contributed by atoms with E-state index >= 15 is 0 Å². The lowest BCUT2D eigenvalue weighted by Gasteiger charge is -2.32. The van der Waals surface area contributed by atoms with Gasteiger partial charge in [0.2, 0.25) is 0 Å². The van der Waals surface area contributed by atoms with E-state index in [9.17, 15) is 4.39 Å². The molecule has 0 spiro atoms. The maximum absolute atomic E-state index is 13.8. The molecule has 19 heavy (non-hydrogen) atoms. The van der Waals surface area contributed by atoms with Crippen LogP contribution in [-0.2, 0) is 9.31 Å². The molecule has 1 fully saturated rings. The van der Waals surface area contributed by atoms with Gasteiger partial charge >= 0.3 is 7.12 Å². The molecule has 1 unspecified atom stereocenters. The maximum Gasteiger partial charge on any atom is 0.480 e. The highest BCUT2D eigenvalue weighted by Gasteiger charge is 2.53. The molecule has 0 bridgehead atoms. The smallest absolute Gasteiger partial charge is 0.402 e. The lowest BCUT2D eigenvalue weighted by atomic mass is 9.74. The van der Waals surface area contributed by atoms with Gasteiger partial charge in [0.25, 0.3) is 0 Å². The molecule has 0 saturated carbocycles. The molecule has 0 amide bonds. The highest BCUT2D eigenvalue weighted by molar-refractivity contribution is 6.47. The summed E-state index contributed by atoms with van der Waals surface area (Å²) in [5.41, 5.74) is 5.37. The zero-order valence-electron chi connectivity index (χ0n) is 11.5. The van der Waals surface area contributed by atoms with Crippen molar-refractivity contribution in [3.8, 4) is 0 Å². The van der Waals surface area contributed by atoms with Crippen molar-refractivity contribution in [2.45, 2.75) is 44.8 Å². The highest BCUT2D eigenvalue weighted by Crippen LogP contribution is 2.40.